The summed E-state index contributed by atoms with van der Waals surface area (Å²) in [5.41, 5.74) is 1.18. The molecule has 0 saturated heterocycles. The highest BCUT2D eigenvalue weighted by molar-refractivity contribution is 7.11. The number of amides is 1. The van der Waals surface area contributed by atoms with Crippen molar-refractivity contribution >= 4 is 29.3 Å². The van der Waals surface area contributed by atoms with Gasteiger partial charge in [-0.3, -0.25) is 9.59 Å². The van der Waals surface area contributed by atoms with Crippen molar-refractivity contribution in [3.63, 3.8) is 0 Å². The summed E-state index contributed by atoms with van der Waals surface area (Å²) in [5.74, 6) is -0.560. The number of carboxylic acid groups (broad SMARTS) is 1. The number of aryl methyl sites for hydroxylation is 1. The summed E-state index contributed by atoms with van der Waals surface area (Å²) in [4.78, 5) is 23.8. The molecule has 1 aliphatic carbocycles. The first-order chi connectivity index (χ1) is 10.1. The Morgan fingerprint density at radius 1 is 1.38 bits per heavy atom. The second-order valence-corrected chi connectivity index (χ2v) is 6.55. The van der Waals surface area contributed by atoms with Gasteiger partial charge < -0.3 is 10.4 Å². The monoisotopic (exact) mass is 307 g/mol. The molecule has 21 heavy (non-hydrogen) atoms. The van der Waals surface area contributed by atoms with Crippen molar-refractivity contribution in [2.45, 2.75) is 32.6 Å². The molecule has 5 heteroatoms. The minimum Gasteiger partial charge on any atom is -0.481 e. The van der Waals surface area contributed by atoms with Crippen LogP contribution >= 0.6 is 11.3 Å². The van der Waals surface area contributed by atoms with Gasteiger partial charge in [0.25, 0.3) is 0 Å². The molecule has 0 unspecified atom stereocenters. The van der Waals surface area contributed by atoms with Gasteiger partial charge in [0.2, 0.25) is 5.91 Å². The first kappa shape index (κ1) is 15.8. The number of hydrogen-bond donors (Lipinski definition) is 2. The summed E-state index contributed by atoms with van der Waals surface area (Å²) in [6.45, 7) is 2.66. The molecule has 2 rings (SSSR count). The summed E-state index contributed by atoms with van der Waals surface area (Å²) < 4.78 is 0. The molecule has 114 valence electrons. The number of nitrogens with one attached hydrogen (secondary N) is 1. The molecular formula is C16H21NO3S. The molecule has 0 radical (unpaired) electrons. The van der Waals surface area contributed by atoms with Crippen molar-refractivity contribution < 1.29 is 14.7 Å². The van der Waals surface area contributed by atoms with Crippen LogP contribution in [0.25, 0.3) is 6.08 Å². The third-order valence-electron chi connectivity index (χ3n) is 4.05. The van der Waals surface area contributed by atoms with Crippen LogP contribution in [0.5, 0.6) is 0 Å². The number of hydrogen-bond acceptors (Lipinski definition) is 3. The van der Waals surface area contributed by atoms with Gasteiger partial charge in [0.15, 0.2) is 0 Å². The topological polar surface area (TPSA) is 66.4 Å². The molecular weight excluding hydrogens is 286 g/mol. The molecule has 1 amide bonds. The number of carbonyl (C=O) groups is 2. The lowest BCUT2D eigenvalue weighted by molar-refractivity contribution is -0.143. The molecule has 1 fully saturated rings. The average molecular weight is 307 g/mol. The maximum Gasteiger partial charge on any atom is 0.306 e. The molecule has 0 aliphatic heterocycles. The standard InChI is InChI=1S/C16H21NO3S/c1-11-8-9-21-14(11)6-7-15(18)17-10-12-2-4-13(5-3-12)16(19)20/h6-9,12-13H,2-5,10H2,1H3,(H,17,18)(H,19,20). The van der Waals surface area contributed by atoms with Gasteiger partial charge in [-0.1, -0.05) is 0 Å². The summed E-state index contributed by atoms with van der Waals surface area (Å²) in [7, 11) is 0. The van der Waals surface area contributed by atoms with E-state index in [9.17, 15) is 9.59 Å². The fourth-order valence-corrected chi connectivity index (χ4v) is 3.44. The third kappa shape index (κ3) is 4.70. The molecule has 0 spiro atoms. The minimum atomic E-state index is -0.688. The molecule has 4 nitrogen and oxygen atoms in total. The van der Waals surface area contributed by atoms with Crippen LogP contribution in [0.2, 0.25) is 0 Å². The smallest absolute Gasteiger partial charge is 0.306 e. The second-order valence-electron chi connectivity index (χ2n) is 5.60. The second kappa shape index (κ2) is 7.41. The van der Waals surface area contributed by atoms with Crippen LogP contribution in [-0.4, -0.2) is 23.5 Å². The SMILES string of the molecule is Cc1ccsc1C=CC(=O)NCC1CCC(C(=O)O)CC1. The van der Waals surface area contributed by atoms with Crippen LogP contribution in [0.3, 0.4) is 0 Å². The predicted octanol–water partition coefficient (Wildman–Crippen LogP) is 3.08. The lowest BCUT2D eigenvalue weighted by Crippen LogP contribution is -2.31. The fourth-order valence-electron chi connectivity index (χ4n) is 2.62. The summed E-state index contributed by atoms with van der Waals surface area (Å²) in [5, 5.41) is 13.9. The van der Waals surface area contributed by atoms with E-state index in [2.05, 4.69) is 5.32 Å². The number of carbonyl (C=O) groups excluding carboxylic acids is 1. The molecule has 1 aromatic rings. The highest BCUT2D eigenvalue weighted by Crippen LogP contribution is 2.28. The van der Waals surface area contributed by atoms with Crippen LogP contribution in [0, 0.1) is 18.8 Å². The van der Waals surface area contributed by atoms with E-state index in [4.69, 9.17) is 5.11 Å². The highest BCUT2D eigenvalue weighted by atomic mass is 32.1. The van der Waals surface area contributed by atoms with E-state index in [-0.39, 0.29) is 11.8 Å². The van der Waals surface area contributed by atoms with Gasteiger partial charge in [0.1, 0.15) is 0 Å². The average Bonchev–Trinajstić information content (AvgIpc) is 2.88. The van der Waals surface area contributed by atoms with Gasteiger partial charge in [0.05, 0.1) is 5.92 Å². The molecule has 1 saturated carbocycles. The Hall–Kier alpha value is -1.62. The van der Waals surface area contributed by atoms with Crippen molar-refractivity contribution in [1.82, 2.24) is 5.32 Å². The van der Waals surface area contributed by atoms with Crippen molar-refractivity contribution in [2.75, 3.05) is 6.54 Å². The van der Waals surface area contributed by atoms with E-state index in [1.807, 2.05) is 24.4 Å². The number of rotatable bonds is 5. The molecule has 0 atom stereocenters. The van der Waals surface area contributed by atoms with E-state index in [0.717, 1.165) is 30.6 Å². The molecule has 0 aromatic carbocycles. The third-order valence-corrected chi connectivity index (χ3v) is 5.03. The summed E-state index contributed by atoms with van der Waals surface area (Å²) in [6, 6.07) is 2.03. The Morgan fingerprint density at radius 3 is 2.67 bits per heavy atom. The van der Waals surface area contributed by atoms with Gasteiger partial charge in [-0.15, -0.1) is 11.3 Å². The predicted molar refractivity (Wildman–Crippen MR) is 84.2 cm³/mol. The van der Waals surface area contributed by atoms with Gasteiger partial charge in [0, 0.05) is 17.5 Å². The van der Waals surface area contributed by atoms with Gasteiger partial charge in [-0.25, -0.2) is 0 Å². The summed E-state index contributed by atoms with van der Waals surface area (Å²) in [6.07, 6.45) is 6.62. The van der Waals surface area contributed by atoms with Gasteiger partial charge >= 0.3 is 5.97 Å². The van der Waals surface area contributed by atoms with E-state index in [1.165, 1.54) is 5.56 Å². The minimum absolute atomic E-state index is 0.0804. The lowest BCUT2D eigenvalue weighted by atomic mass is 9.82. The van der Waals surface area contributed by atoms with Crippen LogP contribution < -0.4 is 5.32 Å². The Balaban J connectivity index is 1.71. The van der Waals surface area contributed by atoms with Crippen molar-refractivity contribution in [3.8, 4) is 0 Å². The Kier molecular flexibility index (Phi) is 5.56. The summed E-state index contributed by atoms with van der Waals surface area (Å²) >= 11 is 1.62. The molecule has 0 bridgehead atoms. The van der Waals surface area contributed by atoms with E-state index >= 15 is 0 Å². The van der Waals surface area contributed by atoms with Crippen molar-refractivity contribution in [3.05, 3.63) is 28.0 Å². The zero-order chi connectivity index (χ0) is 15.2. The zero-order valence-corrected chi connectivity index (χ0v) is 13.0. The largest absolute Gasteiger partial charge is 0.481 e. The molecule has 1 aromatic heterocycles. The quantitative estimate of drug-likeness (QED) is 0.822. The Bertz CT molecular complexity index is 527. The first-order valence-corrected chi connectivity index (χ1v) is 8.17. The van der Waals surface area contributed by atoms with Crippen LogP contribution in [-0.2, 0) is 9.59 Å². The van der Waals surface area contributed by atoms with Crippen LogP contribution in [0.4, 0.5) is 0 Å². The van der Waals surface area contributed by atoms with Crippen LogP contribution in [0.15, 0.2) is 17.5 Å². The van der Waals surface area contributed by atoms with E-state index in [0.29, 0.717) is 12.5 Å². The van der Waals surface area contributed by atoms with E-state index in [1.54, 1.807) is 17.4 Å². The zero-order valence-electron chi connectivity index (χ0n) is 12.2. The first-order valence-electron chi connectivity index (χ1n) is 7.29. The normalized spacial score (nSPS) is 22.3. The van der Waals surface area contributed by atoms with Crippen molar-refractivity contribution in [2.24, 2.45) is 11.8 Å². The molecule has 1 heterocycles. The lowest BCUT2D eigenvalue weighted by Gasteiger charge is -2.25. The van der Waals surface area contributed by atoms with E-state index < -0.39 is 5.97 Å². The van der Waals surface area contributed by atoms with Crippen molar-refractivity contribution in [1.29, 1.82) is 0 Å². The maximum atomic E-state index is 11.8. The van der Waals surface area contributed by atoms with Gasteiger partial charge in [-0.2, -0.15) is 0 Å². The highest BCUT2D eigenvalue weighted by Gasteiger charge is 2.25. The Labute approximate surface area is 128 Å². The Morgan fingerprint density at radius 2 is 2.10 bits per heavy atom. The molecule has 2 N–H and O–H groups in total. The number of thiophene rings is 1. The maximum absolute atomic E-state index is 11.8. The van der Waals surface area contributed by atoms with Crippen LogP contribution in [0.1, 0.15) is 36.1 Å². The fraction of sp³-hybridized carbons (Fsp3) is 0.500. The number of aliphatic carboxylic acids is 1. The van der Waals surface area contributed by atoms with Gasteiger partial charge in [-0.05, 0) is 61.6 Å². The molecule has 1 aliphatic rings. The number of carboxylic acids is 1.